The molecule has 0 saturated heterocycles. The molecule has 0 heterocycles. The predicted octanol–water partition coefficient (Wildman–Crippen LogP) is 3.43. The number of benzene rings is 2. The lowest BCUT2D eigenvalue weighted by molar-refractivity contribution is 0.0935. The van der Waals surface area contributed by atoms with Gasteiger partial charge in [0.2, 0.25) is 0 Å². The van der Waals surface area contributed by atoms with Crippen molar-refractivity contribution in [2.24, 2.45) is 0 Å². The van der Waals surface area contributed by atoms with E-state index in [1.165, 1.54) is 36.6 Å². The normalized spacial score (nSPS) is 12.7. The number of anilines is 1. The van der Waals surface area contributed by atoms with Gasteiger partial charge in [0.05, 0.1) is 11.7 Å². The van der Waals surface area contributed by atoms with Crippen molar-refractivity contribution in [3.05, 3.63) is 64.7 Å². The fraction of sp³-hybridized carbons (Fsp3) is 0.381. The molecular weight excluding hydrogens is 374 g/mol. The first-order valence-electron chi connectivity index (χ1n) is 9.22. The zero-order chi connectivity index (χ0) is 21.1. The molecule has 0 fully saturated rings. The van der Waals surface area contributed by atoms with E-state index in [-0.39, 0.29) is 11.9 Å². The highest BCUT2D eigenvalue weighted by atomic mass is 32.2. The van der Waals surface area contributed by atoms with Crippen LogP contribution >= 0.6 is 0 Å². The molecule has 0 aromatic heterocycles. The van der Waals surface area contributed by atoms with Crippen LogP contribution in [0, 0.1) is 13.8 Å². The minimum atomic E-state index is -3.56. The number of nitrogens with one attached hydrogen (secondary N) is 1. The number of aryl methyl sites for hydroxylation is 2. The third kappa shape index (κ3) is 4.72. The zero-order valence-electron chi connectivity index (χ0n) is 17.4. The largest absolute Gasteiger partial charge is 0.345 e. The molecule has 28 heavy (non-hydrogen) atoms. The van der Waals surface area contributed by atoms with E-state index in [4.69, 9.17) is 0 Å². The smallest absolute Gasteiger partial charge is 0.303 e. The number of amides is 1. The summed E-state index contributed by atoms with van der Waals surface area (Å²) < 4.78 is 26.8. The van der Waals surface area contributed by atoms with Gasteiger partial charge >= 0.3 is 10.2 Å². The highest BCUT2D eigenvalue weighted by molar-refractivity contribution is 7.90. The van der Waals surface area contributed by atoms with Crippen LogP contribution in [0.1, 0.15) is 46.4 Å². The highest BCUT2D eigenvalue weighted by Crippen LogP contribution is 2.22. The Kier molecular flexibility index (Phi) is 6.85. The van der Waals surface area contributed by atoms with Gasteiger partial charge in [0, 0.05) is 26.7 Å². The fourth-order valence-electron chi connectivity index (χ4n) is 2.84. The van der Waals surface area contributed by atoms with Crippen LogP contribution in [-0.4, -0.2) is 39.8 Å². The second-order valence-corrected chi connectivity index (χ2v) is 9.26. The van der Waals surface area contributed by atoms with Crippen molar-refractivity contribution in [2.75, 3.05) is 25.4 Å². The van der Waals surface area contributed by atoms with E-state index >= 15 is 0 Å². The maximum Gasteiger partial charge on any atom is 0.303 e. The highest BCUT2D eigenvalue weighted by Gasteiger charge is 2.21. The molecular formula is C21H29N3O3S. The van der Waals surface area contributed by atoms with Crippen LogP contribution < -0.4 is 9.62 Å². The first kappa shape index (κ1) is 21.9. The van der Waals surface area contributed by atoms with E-state index in [1.807, 2.05) is 13.0 Å². The maximum atomic E-state index is 12.7. The van der Waals surface area contributed by atoms with Crippen LogP contribution in [0.2, 0.25) is 0 Å². The number of rotatable bonds is 7. The van der Waals surface area contributed by atoms with Crippen LogP contribution in [0.25, 0.3) is 0 Å². The summed E-state index contributed by atoms with van der Waals surface area (Å²) in [6, 6.07) is 12.7. The molecule has 2 aromatic carbocycles. The number of hydrogen-bond donors (Lipinski definition) is 1. The third-order valence-corrected chi connectivity index (χ3v) is 6.77. The van der Waals surface area contributed by atoms with Gasteiger partial charge in [0.1, 0.15) is 0 Å². The van der Waals surface area contributed by atoms with E-state index in [0.29, 0.717) is 11.3 Å². The lowest BCUT2D eigenvalue weighted by Gasteiger charge is -2.23. The summed E-state index contributed by atoms with van der Waals surface area (Å²) in [5, 5.41) is 3.06. The van der Waals surface area contributed by atoms with Gasteiger partial charge in [-0.05, 0) is 61.2 Å². The molecule has 0 radical (unpaired) electrons. The van der Waals surface area contributed by atoms with Gasteiger partial charge in [-0.25, -0.2) is 0 Å². The first-order chi connectivity index (χ1) is 13.1. The van der Waals surface area contributed by atoms with Crippen LogP contribution in [-0.2, 0) is 10.2 Å². The van der Waals surface area contributed by atoms with Crippen molar-refractivity contribution in [3.8, 4) is 0 Å². The van der Waals surface area contributed by atoms with Crippen molar-refractivity contribution in [1.29, 1.82) is 0 Å². The SMILES string of the molecule is CCC(NC(=O)c1ccc(N(C)S(=O)(=O)N(C)C)cc1)c1ccc(C)c(C)c1. The standard InChI is InChI=1S/C21H29N3O3S/c1-7-20(18-9-8-15(2)16(3)14-18)22-21(25)17-10-12-19(13-11-17)24(6)28(26,27)23(4)5/h8-14,20H,7H2,1-6H3,(H,22,25). The topological polar surface area (TPSA) is 69.7 Å². The van der Waals surface area contributed by atoms with E-state index in [0.717, 1.165) is 16.3 Å². The van der Waals surface area contributed by atoms with E-state index in [2.05, 4.69) is 31.3 Å². The van der Waals surface area contributed by atoms with Crippen LogP contribution in [0.5, 0.6) is 0 Å². The van der Waals surface area contributed by atoms with E-state index in [1.54, 1.807) is 24.3 Å². The number of nitrogens with zero attached hydrogens (tertiary/aromatic N) is 2. The molecule has 2 aromatic rings. The molecule has 0 aliphatic rings. The van der Waals surface area contributed by atoms with Gasteiger partial charge in [-0.1, -0.05) is 25.1 Å². The molecule has 152 valence electrons. The first-order valence-corrected chi connectivity index (χ1v) is 10.6. The molecule has 0 saturated carbocycles. The van der Waals surface area contributed by atoms with Gasteiger partial charge < -0.3 is 5.32 Å². The molecule has 6 nitrogen and oxygen atoms in total. The van der Waals surface area contributed by atoms with Crippen molar-refractivity contribution < 1.29 is 13.2 Å². The average Bonchev–Trinajstić information content (AvgIpc) is 2.67. The molecule has 1 unspecified atom stereocenters. The van der Waals surface area contributed by atoms with Crippen molar-refractivity contribution in [3.63, 3.8) is 0 Å². The molecule has 2 rings (SSSR count). The Hall–Kier alpha value is -2.38. The summed E-state index contributed by atoms with van der Waals surface area (Å²) in [6.45, 7) is 6.16. The zero-order valence-corrected chi connectivity index (χ0v) is 18.2. The third-order valence-electron chi connectivity index (χ3n) is 4.95. The minimum Gasteiger partial charge on any atom is -0.345 e. The molecule has 0 aliphatic heterocycles. The second-order valence-electron chi connectivity index (χ2n) is 7.08. The lowest BCUT2D eigenvalue weighted by atomic mass is 9.99. The summed E-state index contributed by atoms with van der Waals surface area (Å²) >= 11 is 0. The Balaban J connectivity index is 2.17. The fourth-order valence-corrected chi connectivity index (χ4v) is 3.72. The summed E-state index contributed by atoms with van der Waals surface area (Å²) in [5.41, 5.74) is 4.47. The second kappa shape index (κ2) is 8.75. The average molecular weight is 404 g/mol. The maximum absolute atomic E-state index is 12.7. The lowest BCUT2D eigenvalue weighted by Crippen LogP contribution is -2.37. The Labute approximate surface area is 168 Å². The molecule has 1 atom stereocenters. The van der Waals surface area contributed by atoms with Gasteiger partial charge in [-0.3, -0.25) is 9.10 Å². The molecule has 1 amide bonds. The van der Waals surface area contributed by atoms with Crippen LogP contribution in [0.3, 0.4) is 0 Å². The number of hydrogen-bond acceptors (Lipinski definition) is 3. The van der Waals surface area contributed by atoms with Gasteiger partial charge in [0.15, 0.2) is 0 Å². The van der Waals surface area contributed by atoms with Gasteiger partial charge in [-0.15, -0.1) is 0 Å². The number of carbonyl (C=O) groups excluding carboxylic acids is 1. The number of carbonyl (C=O) groups is 1. The Morgan fingerprint density at radius 1 is 1.00 bits per heavy atom. The Morgan fingerprint density at radius 3 is 2.11 bits per heavy atom. The Morgan fingerprint density at radius 2 is 1.61 bits per heavy atom. The van der Waals surface area contributed by atoms with Crippen molar-refractivity contribution in [2.45, 2.75) is 33.2 Å². The monoisotopic (exact) mass is 403 g/mol. The molecule has 0 spiro atoms. The van der Waals surface area contributed by atoms with E-state index < -0.39 is 10.2 Å². The summed E-state index contributed by atoms with van der Waals surface area (Å²) in [6.07, 6.45) is 0.774. The van der Waals surface area contributed by atoms with Crippen LogP contribution in [0.4, 0.5) is 5.69 Å². The molecule has 7 heteroatoms. The quantitative estimate of drug-likeness (QED) is 0.770. The van der Waals surface area contributed by atoms with Gasteiger partial charge in [-0.2, -0.15) is 12.7 Å². The van der Waals surface area contributed by atoms with Crippen molar-refractivity contribution >= 4 is 21.8 Å². The van der Waals surface area contributed by atoms with E-state index in [9.17, 15) is 13.2 Å². The van der Waals surface area contributed by atoms with Crippen LogP contribution in [0.15, 0.2) is 42.5 Å². The predicted molar refractivity (Wildman–Crippen MR) is 114 cm³/mol. The molecule has 1 N–H and O–H groups in total. The van der Waals surface area contributed by atoms with Gasteiger partial charge in [0.25, 0.3) is 5.91 Å². The summed E-state index contributed by atoms with van der Waals surface area (Å²) in [5.74, 6) is -0.185. The Bertz CT molecular complexity index is 938. The summed E-state index contributed by atoms with van der Waals surface area (Å²) in [7, 11) is 0.875. The summed E-state index contributed by atoms with van der Waals surface area (Å²) in [4.78, 5) is 12.7. The van der Waals surface area contributed by atoms with Crippen molar-refractivity contribution in [1.82, 2.24) is 9.62 Å². The molecule has 0 aliphatic carbocycles. The molecule has 0 bridgehead atoms. The minimum absolute atomic E-state index is 0.0803.